The molecule has 0 saturated carbocycles. The molecule has 2 saturated heterocycles. The molecule has 0 aliphatic carbocycles. The highest BCUT2D eigenvalue weighted by Gasteiger charge is 2.25. The molecule has 1 aromatic heterocycles. The van der Waals surface area contributed by atoms with E-state index in [0.29, 0.717) is 31.2 Å². The summed E-state index contributed by atoms with van der Waals surface area (Å²) < 4.78 is 0. The van der Waals surface area contributed by atoms with Crippen LogP contribution in [0, 0.1) is 0 Å². The number of hydrogen-bond donors (Lipinski definition) is 1. The average Bonchev–Trinajstić information content (AvgIpc) is 3.33. The maximum Gasteiger partial charge on any atom is 0.264 e. The molecule has 2 aliphatic rings. The van der Waals surface area contributed by atoms with Crippen molar-refractivity contribution in [2.45, 2.75) is 19.3 Å². The molecule has 0 atom stereocenters. The molecule has 0 unspecified atom stereocenters. The molecule has 30 heavy (non-hydrogen) atoms. The van der Waals surface area contributed by atoms with Crippen molar-refractivity contribution >= 4 is 46.1 Å². The van der Waals surface area contributed by atoms with Gasteiger partial charge in [0.15, 0.2) is 0 Å². The van der Waals surface area contributed by atoms with E-state index in [9.17, 15) is 9.59 Å². The van der Waals surface area contributed by atoms with Crippen LogP contribution in [0.1, 0.15) is 28.9 Å². The Kier molecular flexibility index (Phi) is 6.79. The Labute approximate surface area is 186 Å². The third-order valence-electron chi connectivity index (χ3n) is 5.74. The lowest BCUT2D eigenvalue weighted by Gasteiger charge is -2.35. The van der Waals surface area contributed by atoms with E-state index in [1.54, 1.807) is 0 Å². The zero-order valence-corrected chi connectivity index (χ0v) is 18.6. The summed E-state index contributed by atoms with van der Waals surface area (Å²) in [6.07, 6.45) is 3.65. The first-order valence-corrected chi connectivity index (χ1v) is 11.8. The zero-order chi connectivity index (χ0) is 20.9. The zero-order valence-electron chi connectivity index (χ0n) is 17.0. The number of carbonyl (C=O) groups excluding carboxylic acids is 2. The summed E-state index contributed by atoms with van der Waals surface area (Å²) in [7, 11) is 0. The summed E-state index contributed by atoms with van der Waals surface area (Å²) in [6, 6.07) is 9.57. The number of rotatable bonds is 5. The Bertz CT molecular complexity index is 875. The van der Waals surface area contributed by atoms with Crippen molar-refractivity contribution in [1.29, 1.82) is 0 Å². The van der Waals surface area contributed by atoms with Crippen LogP contribution in [-0.2, 0) is 4.79 Å². The molecule has 2 fully saturated rings. The van der Waals surface area contributed by atoms with E-state index in [-0.39, 0.29) is 18.4 Å². The normalized spacial score (nSPS) is 17.2. The molecule has 0 bridgehead atoms. The number of benzene rings is 1. The summed E-state index contributed by atoms with van der Waals surface area (Å²) in [5, 5.41) is 5.88. The van der Waals surface area contributed by atoms with Gasteiger partial charge in [-0.1, -0.05) is 17.7 Å². The van der Waals surface area contributed by atoms with Gasteiger partial charge >= 0.3 is 0 Å². The number of anilines is 2. The van der Waals surface area contributed by atoms with Crippen LogP contribution in [0.15, 0.2) is 35.7 Å². The topological polar surface area (TPSA) is 55.9 Å². The number of amides is 2. The second kappa shape index (κ2) is 9.71. The van der Waals surface area contributed by atoms with Crippen LogP contribution in [0.25, 0.3) is 0 Å². The van der Waals surface area contributed by atoms with Crippen molar-refractivity contribution in [2.75, 3.05) is 56.0 Å². The third kappa shape index (κ3) is 4.90. The molecular weight excluding hydrogens is 420 g/mol. The summed E-state index contributed by atoms with van der Waals surface area (Å²) in [5.74, 6) is 0.100. The van der Waals surface area contributed by atoms with Crippen LogP contribution >= 0.6 is 22.9 Å². The van der Waals surface area contributed by atoms with Crippen molar-refractivity contribution < 1.29 is 9.59 Å². The average molecular weight is 447 g/mol. The van der Waals surface area contributed by atoms with Crippen molar-refractivity contribution in [1.82, 2.24) is 9.80 Å². The van der Waals surface area contributed by atoms with Crippen LogP contribution < -0.4 is 10.2 Å². The molecule has 0 spiro atoms. The number of nitrogens with zero attached hydrogens (tertiary/aromatic N) is 3. The Balaban J connectivity index is 1.32. The fraction of sp³-hybridized carbons (Fsp3) is 0.455. The van der Waals surface area contributed by atoms with Crippen molar-refractivity contribution in [3.63, 3.8) is 0 Å². The molecule has 2 amide bonds. The molecule has 1 aromatic carbocycles. The predicted octanol–water partition coefficient (Wildman–Crippen LogP) is 3.79. The third-order valence-corrected chi connectivity index (χ3v) is 6.83. The number of halogens is 1. The largest absolute Gasteiger partial charge is 0.374 e. The lowest BCUT2D eigenvalue weighted by atomic mass is 10.1. The van der Waals surface area contributed by atoms with Gasteiger partial charge in [-0.05, 0) is 48.9 Å². The van der Waals surface area contributed by atoms with Crippen LogP contribution in [0.3, 0.4) is 0 Å². The number of carbonyl (C=O) groups is 2. The van der Waals surface area contributed by atoms with Crippen LogP contribution in [0.2, 0.25) is 5.02 Å². The van der Waals surface area contributed by atoms with Gasteiger partial charge < -0.3 is 20.0 Å². The monoisotopic (exact) mass is 446 g/mol. The summed E-state index contributed by atoms with van der Waals surface area (Å²) >= 11 is 7.67. The molecule has 160 valence electrons. The lowest BCUT2D eigenvalue weighted by Crippen LogP contribution is -2.51. The van der Waals surface area contributed by atoms with Gasteiger partial charge in [0.2, 0.25) is 5.91 Å². The smallest absolute Gasteiger partial charge is 0.264 e. The first-order chi connectivity index (χ1) is 14.6. The Morgan fingerprint density at radius 3 is 2.40 bits per heavy atom. The van der Waals surface area contributed by atoms with Gasteiger partial charge in [-0.3, -0.25) is 9.59 Å². The number of nitrogens with one attached hydrogen (secondary N) is 1. The Hall–Kier alpha value is -2.25. The van der Waals surface area contributed by atoms with E-state index in [0.717, 1.165) is 29.3 Å². The molecule has 2 aliphatic heterocycles. The molecule has 2 aromatic rings. The van der Waals surface area contributed by atoms with Crippen molar-refractivity contribution in [3.05, 3.63) is 45.6 Å². The fourth-order valence-electron chi connectivity index (χ4n) is 4.06. The molecule has 0 radical (unpaired) electrons. The Morgan fingerprint density at radius 1 is 0.967 bits per heavy atom. The van der Waals surface area contributed by atoms with E-state index in [2.05, 4.69) is 10.2 Å². The van der Waals surface area contributed by atoms with Gasteiger partial charge in [-0.15, -0.1) is 11.3 Å². The van der Waals surface area contributed by atoms with Crippen LogP contribution in [0.4, 0.5) is 11.4 Å². The van der Waals surface area contributed by atoms with Crippen molar-refractivity contribution in [2.24, 2.45) is 0 Å². The number of piperidine rings is 1. The fourth-order valence-corrected chi connectivity index (χ4v) is 4.92. The molecular formula is C22H27ClN4O2S. The van der Waals surface area contributed by atoms with Gasteiger partial charge in [0.1, 0.15) is 0 Å². The van der Waals surface area contributed by atoms with Gasteiger partial charge in [0, 0.05) is 44.3 Å². The predicted molar refractivity (Wildman–Crippen MR) is 123 cm³/mol. The lowest BCUT2D eigenvalue weighted by molar-refractivity contribution is -0.130. The molecule has 8 heteroatoms. The number of thiophene rings is 1. The van der Waals surface area contributed by atoms with E-state index < -0.39 is 0 Å². The standard InChI is InChI=1S/C22H27ClN4O2S/c23-17-6-7-19(25-8-2-1-3-9-25)18(15-17)24-16-21(28)26-10-12-27(13-11-26)22(29)20-5-4-14-30-20/h4-7,14-15,24H,1-3,8-13,16H2. The van der Waals surface area contributed by atoms with E-state index >= 15 is 0 Å². The summed E-state index contributed by atoms with van der Waals surface area (Å²) in [5.41, 5.74) is 2.02. The first kappa shape index (κ1) is 21.0. The minimum absolute atomic E-state index is 0.0443. The maximum absolute atomic E-state index is 12.8. The molecule has 6 nitrogen and oxygen atoms in total. The highest BCUT2D eigenvalue weighted by molar-refractivity contribution is 7.12. The SMILES string of the molecule is O=C(CNc1cc(Cl)ccc1N1CCCCC1)N1CCN(C(=O)c2cccs2)CC1. The van der Waals surface area contributed by atoms with E-state index in [1.165, 1.54) is 30.6 Å². The highest BCUT2D eigenvalue weighted by atomic mass is 35.5. The Morgan fingerprint density at radius 2 is 1.70 bits per heavy atom. The molecule has 3 heterocycles. The highest BCUT2D eigenvalue weighted by Crippen LogP contribution is 2.31. The van der Waals surface area contributed by atoms with E-state index in [1.807, 2.05) is 45.5 Å². The second-order valence-corrected chi connectivity index (χ2v) is 9.10. The van der Waals surface area contributed by atoms with Gasteiger partial charge in [-0.25, -0.2) is 0 Å². The minimum Gasteiger partial charge on any atom is -0.374 e. The minimum atomic E-state index is 0.0443. The first-order valence-electron chi connectivity index (χ1n) is 10.5. The molecule has 4 rings (SSSR count). The number of hydrogen-bond acceptors (Lipinski definition) is 5. The quantitative estimate of drug-likeness (QED) is 0.759. The van der Waals surface area contributed by atoms with Crippen LogP contribution in [0.5, 0.6) is 0 Å². The van der Waals surface area contributed by atoms with Gasteiger partial charge in [0.05, 0.1) is 22.8 Å². The van der Waals surface area contributed by atoms with Gasteiger partial charge in [0.25, 0.3) is 5.91 Å². The van der Waals surface area contributed by atoms with Crippen molar-refractivity contribution in [3.8, 4) is 0 Å². The van der Waals surface area contributed by atoms with Crippen LogP contribution in [-0.4, -0.2) is 67.4 Å². The summed E-state index contributed by atoms with van der Waals surface area (Å²) in [6.45, 7) is 4.55. The maximum atomic E-state index is 12.8. The molecule has 1 N–H and O–H groups in total. The van der Waals surface area contributed by atoms with Gasteiger partial charge in [-0.2, -0.15) is 0 Å². The van der Waals surface area contributed by atoms with E-state index in [4.69, 9.17) is 11.6 Å². The second-order valence-electron chi connectivity index (χ2n) is 7.71. The number of piperazine rings is 1. The summed E-state index contributed by atoms with van der Waals surface area (Å²) in [4.78, 5) is 32.0.